The average molecular weight is 729 g/mol. The van der Waals surface area contributed by atoms with Gasteiger partial charge in [0, 0.05) is 49.6 Å². The number of hydrogen-bond acceptors (Lipinski definition) is 2. The second-order valence-electron chi connectivity index (χ2n) is 14.5. The van der Waals surface area contributed by atoms with Crippen molar-refractivity contribution in [2.24, 2.45) is 0 Å². The molecule has 3 nitrogen and oxygen atoms in total. The molecule has 0 aliphatic heterocycles. The highest BCUT2D eigenvalue weighted by atomic mass is 16.3. The van der Waals surface area contributed by atoms with Crippen molar-refractivity contribution in [3.8, 4) is 39.1 Å². The van der Waals surface area contributed by atoms with Crippen LogP contribution < -0.4 is 4.90 Å². The fraction of sp³-hybridized carbons (Fsp3) is 0. The van der Waals surface area contributed by atoms with E-state index in [2.05, 4.69) is 222 Å². The monoisotopic (exact) mass is 728 g/mol. The predicted molar refractivity (Wildman–Crippen MR) is 239 cm³/mol. The Kier molecular flexibility index (Phi) is 7.82. The molecule has 0 spiro atoms. The van der Waals surface area contributed by atoms with Gasteiger partial charge >= 0.3 is 0 Å². The van der Waals surface area contributed by atoms with Crippen LogP contribution in [0.15, 0.2) is 223 Å². The van der Waals surface area contributed by atoms with Crippen molar-refractivity contribution in [2.75, 3.05) is 4.90 Å². The highest BCUT2D eigenvalue weighted by Crippen LogP contribution is 2.48. The third-order valence-electron chi connectivity index (χ3n) is 11.2. The summed E-state index contributed by atoms with van der Waals surface area (Å²) >= 11 is 0. The number of fused-ring (bicyclic) bond motifs is 6. The first kappa shape index (κ1) is 32.8. The summed E-state index contributed by atoms with van der Waals surface area (Å²) < 4.78 is 9.05. The molecule has 0 aliphatic carbocycles. The summed E-state index contributed by atoms with van der Waals surface area (Å²) in [4.78, 5) is 2.43. The van der Waals surface area contributed by atoms with Gasteiger partial charge in [0.25, 0.3) is 0 Å². The van der Waals surface area contributed by atoms with Gasteiger partial charge in [-0.05, 0) is 65.2 Å². The van der Waals surface area contributed by atoms with E-state index < -0.39 is 0 Å². The minimum absolute atomic E-state index is 0.885. The van der Waals surface area contributed by atoms with Crippen molar-refractivity contribution in [1.82, 2.24) is 4.57 Å². The van der Waals surface area contributed by atoms with Gasteiger partial charge in [-0.25, -0.2) is 0 Å². The van der Waals surface area contributed by atoms with Crippen molar-refractivity contribution in [2.45, 2.75) is 0 Å². The molecule has 2 heterocycles. The fourth-order valence-electron chi connectivity index (χ4n) is 8.60. The molecular weight excluding hydrogens is 693 g/mol. The van der Waals surface area contributed by atoms with Crippen LogP contribution in [0, 0.1) is 0 Å². The highest BCUT2D eigenvalue weighted by molar-refractivity contribution is 6.12. The molecule has 0 radical (unpaired) electrons. The summed E-state index contributed by atoms with van der Waals surface area (Å²) in [5.41, 5.74) is 15.2. The van der Waals surface area contributed by atoms with Gasteiger partial charge < -0.3 is 13.9 Å². The van der Waals surface area contributed by atoms with Gasteiger partial charge in [0.05, 0.1) is 22.4 Å². The number of hydrogen-bond donors (Lipinski definition) is 0. The van der Waals surface area contributed by atoms with E-state index in [1.54, 1.807) is 0 Å². The van der Waals surface area contributed by atoms with Crippen LogP contribution in [0.1, 0.15) is 0 Å². The van der Waals surface area contributed by atoms with Crippen molar-refractivity contribution in [1.29, 1.82) is 0 Å². The summed E-state index contributed by atoms with van der Waals surface area (Å²) in [6.45, 7) is 0. The molecule has 9 aromatic carbocycles. The Morgan fingerprint density at radius 3 is 1.72 bits per heavy atom. The maximum atomic E-state index is 6.66. The lowest BCUT2D eigenvalue weighted by Crippen LogP contribution is -2.12. The number of aromatic nitrogens is 1. The minimum Gasteiger partial charge on any atom is -0.455 e. The third kappa shape index (κ3) is 5.51. The first-order valence-electron chi connectivity index (χ1n) is 19.4. The number of nitrogens with zero attached hydrogens (tertiary/aromatic N) is 2. The maximum absolute atomic E-state index is 6.66. The summed E-state index contributed by atoms with van der Waals surface area (Å²) in [7, 11) is 0. The number of benzene rings is 9. The normalized spacial score (nSPS) is 11.5. The van der Waals surface area contributed by atoms with E-state index in [1.807, 2.05) is 6.07 Å². The summed E-state index contributed by atoms with van der Waals surface area (Å²) in [6.07, 6.45) is 0. The molecule has 2 aromatic heterocycles. The largest absolute Gasteiger partial charge is 0.455 e. The first-order chi connectivity index (χ1) is 28.3. The van der Waals surface area contributed by atoms with Gasteiger partial charge in [0.1, 0.15) is 11.2 Å². The number of rotatable bonds is 7. The Hall–Kier alpha value is -7.62. The Balaban J connectivity index is 1.17. The van der Waals surface area contributed by atoms with E-state index in [0.29, 0.717) is 0 Å². The highest BCUT2D eigenvalue weighted by Gasteiger charge is 2.24. The molecule has 0 N–H and O–H groups in total. The second kappa shape index (κ2) is 13.6. The molecule has 0 saturated heterocycles. The molecule has 0 bridgehead atoms. The quantitative estimate of drug-likeness (QED) is 0.163. The van der Waals surface area contributed by atoms with E-state index in [0.717, 1.165) is 72.5 Å². The lowest BCUT2D eigenvalue weighted by Gasteiger charge is -2.30. The molecule has 57 heavy (non-hydrogen) atoms. The van der Waals surface area contributed by atoms with Crippen LogP contribution in [0.3, 0.4) is 0 Å². The van der Waals surface area contributed by atoms with E-state index >= 15 is 0 Å². The third-order valence-corrected chi connectivity index (χ3v) is 11.2. The molecule has 11 rings (SSSR count). The molecule has 3 heteroatoms. The zero-order chi connectivity index (χ0) is 37.7. The lowest BCUT2D eigenvalue weighted by molar-refractivity contribution is 0.670. The van der Waals surface area contributed by atoms with Crippen LogP contribution in [0.2, 0.25) is 0 Å². The average Bonchev–Trinajstić information content (AvgIpc) is 3.83. The van der Waals surface area contributed by atoms with Gasteiger partial charge in [-0.1, -0.05) is 170 Å². The lowest BCUT2D eigenvalue weighted by atomic mass is 9.96. The van der Waals surface area contributed by atoms with Crippen molar-refractivity contribution in [3.05, 3.63) is 218 Å². The molecule has 11 aromatic rings. The van der Waals surface area contributed by atoms with Crippen LogP contribution in [0.5, 0.6) is 0 Å². The van der Waals surface area contributed by atoms with Gasteiger partial charge in [0.2, 0.25) is 0 Å². The molecule has 0 aliphatic rings. The second-order valence-corrected chi connectivity index (χ2v) is 14.5. The minimum atomic E-state index is 0.885. The first-order valence-corrected chi connectivity index (χ1v) is 19.4. The van der Waals surface area contributed by atoms with E-state index in [9.17, 15) is 0 Å². The van der Waals surface area contributed by atoms with Gasteiger partial charge in [0.15, 0.2) is 0 Å². The molecule has 0 unspecified atom stereocenters. The van der Waals surface area contributed by atoms with Crippen LogP contribution in [-0.2, 0) is 0 Å². The van der Waals surface area contributed by atoms with Crippen LogP contribution in [0.25, 0.3) is 82.8 Å². The van der Waals surface area contributed by atoms with E-state index in [4.69, 9.17) is 4.42 Å². The van der Waals surface area contributed by atoms with Crippen LogP contribution >= 0.6 is 0 Å². The topological polar surface area (TPSA) is 21.3 Å². The Morgan fingerprint density at radius 2 is 0.912 bits per heavy atom. The number of anilines is 3. The zero-order valence-electron chi connectivity index (χ0n) is 31.1. The number of furan rings is 1. The zero-order valence-corrected chi connectivity index (χ0v) is 31.1. The summed E-state index contributed by atoms with van der Waals surface area (Å²) in [5.74, 6) is 0. The number of para-hydroxylation sites is 6. The molecule has 0 atom stereocenters. The van der Waals surface area contributed by atoms with E-state index in [1.165, 1.54) is 27.4 Å². The SMILES string of the molecule is c1ccc(-c2ccc(-c3ccccc3N(c3ccc4c5ccccc5n(-c5ccccc5)c4c3)c3ccccc3-c3cccc4c3oc3ccccc34)cc2)cc1. The Morgan fingerprint density at radius 1 is 0.351 bits per heavy atom. The summed E-state index contributed by atoms with van der Waals surface area (Å²) in [6, 6.07) is 78.1. The Labute approximate surface area is 330 Å². The van der Waals surface area contributed by atoms with Gasteiger partial charge in [-0.2, -0.15) is 0 Å². The maximum Gasteiger partial charge on any atom is 0.143 e. The van der Waals surface area contributed by atoms with Crippen molar-refractivity contribution in [3.63, 3.8) is 0 Å². The smallest absolute Gasteiger partial charge is 0.143 e. The standard InChI is InChI=1S/C54H36N2O/c1-3-16-37(17-4-1)38-30-32-39(33-31-38)42-20-7-11-26-49(42)56(41-34-35-45-43-21-8-12-27-50(43)55(52(45)36-41)40-18-5-2-6-19-40)51-28-13-9-22-44(51)47-24-15-25-48-46-23-10-14-29-53(46)57-54(47)48/h1-36H. The van der Waals surface area contributed by atoms with Crippen molar-refractivity contribution < 1.29 is 4.42 Å². The Bertz CT molecular complexity index is 3230. The predicted octanol–water partition coefficient (Wildman–Crippen LogP) is 15.2. The molecule has 0 fully saturated rings. The molecule has 0 amide bonds. The van der Waals surface area contributed by atoms with Gasteiger partial charge in [-0.15, -0.1) is 0 Å². The molecule has 0 saturated carbocycles. The van der Waals surface area contributed by atoms with Gasteiger partial charge in [-0.3, -0.25) is 0 Å². The van der Waals surface area contributed by atoms with E-state index in [-0.39, 0.29) is 0 Å². The molecule has 268 valence electrons. The van der Waals surface area contributed by atoms with Crippen molar-refractivity contribution >= 4 is 60.8 Å². The fourth-order valence-corrected chi connectivity index (χ4v) is 8.60. The summed E-state index contributed by atoms with van der Waals surface area (Å²) in [5, 5.41) is 4.66. The molecular formula is C54H36N2O. The van der Waals surface area contributed by atoms with Crippen LogP contribution in [0.4, 0.5) is 17.1 Å². The van der Waals surface area contributed by atoms with Crippen LogP contribution in [-0.4, -0.2) is 4.57 Å².